The summed E-state index contributed by atoms with van der Waals surface area (Å²) in [5.74, 6) is 1.24. The molecule has 124 valence electrons. The second-order valence-corrected chi connectivity index (χ2v) is 7.43. The highest BCUT2D eigenvalue weighted by molar-refractivity contribution is 5.13. The Morgan fingerprint density at radius 2 is 1.83 bits per heavy atom. The van der Waals surface area contributed by atoms with Gasteiger partial charge in [0.2, 0.25) is 0 Å². The lowest BCUT2D eigenvalue weighted by Crippen LogP contribution is -2.40. The molecule has 4 fully saturated rings. The van der Waals surface area contributed by atoms with Gasteiger partial charge in [-0.1, -0.05) is 30.3 Å². The lowest BCUT2D eigenvalue weighted by Gasteiger charge is -2.32. The van der Waals surface area contributed by atoms with Gasteiger partial charge >= 0.3 is 0 Å². The first-order chi connectivity index (χ1) is 11.3. The van der Waals surface area contributed by atoms with Crippen LogP contribution in [0.5, 0.6) is 0 Å². The Hall–Kier alpha value is -0.940. The van der Waals surface area contributed by atoms with E-state index < -0.39 is 0 Å². The van der Waals surface area contributed by atoms with E-state index in [1.54, 1.807) is 0 Å². The Kier molecular flexibility index (Phi) is 3.48. The largest absolute Gasteiger partial charge is 0.376 e. The number of rotatable bonds is 4. The molecule has 1 aromatic carbocycles. The molecule has 5 rings (SSSR count). The summed E-state index contributed by atoms with van der Waals surface area (Å²) in [7, 11) is 0. The fourth-order valence-corrected chi connectivity index (χ4v) is 5.03. The summed E-state index contributed by atoms with van der Waals surface area (Å²) < 4.78 is 24.1. The van der Waals surface area contributed by atoms with Gasteiger partial charge in [0.15, 0.2) is 5.79 Å². The van der Waals surface area contributed by atoms with Crippen molar-refractivity contribution in [2.45, 2.75) is 43.9 Å². The minimum atomic E-state index is -0.386. The van der Waals surface area contributed by atoms with E-state index >= 15 is 0 Å². The minimum absolute atomic E-state index is 0.337. The van der Waals surface area contributed by atoms with Crippen molar-refractivity contribution in [1.29, 1.82) is 0 Å². The van der Waals surface area contributed by atoms with Gasteiger partial charge in [-0.25, -0.2) is 0 Å². The number of hydrogen-bond acceptors (Lipinski definition) is 4. The van der Waals surface area contributed by atoms with Crippen LogP contribution in [0.4, 0.5) is 0 Å². The summed E-state index contributed by atoms with van der Waals surface area (Å²) in [6.07, 6.45) is 4.36. The first-order valence-corrected chi connectivity index (χ1v) is 8.89. The first-order valence-electron chi connectivity index (χ1n) is 8.89. The zero-order valence-electron chi connectivity index (χ0n) is 13.4. The van der Waals surface area contributed by atoms with Crippen LogP contribution in [0.15, 0.2) is 30.3 Å². The van der Waals surface area contributed by atoms with Gasteiger partial charge in [-0.3, -0.25) is 0 Å². The molecule has 2 saturated heterocycles. The summed E-state index contributed by atoms with van der Waals surface area (Å²) >= 11 is 0. The molecule has 23 heavy (non-hydrogen) atoms. The molecule has 4 nitrogen and oxygen atoms in total. The summed E-state index contributed by atoms with van der Waals surface area (Å²) in [5.41, 5.74) is 1.22. The molecule has 1 unspecified atom stereocenters. The van der Waals surface area contributed by atoms with Crippen LogP contribution >= 0.6 is 0 Å². The zero-order chi connectivity index (χ0) is 15.3. The Morgan fingerprint density at radius 3 is 2.65 bits per heavy atom. The zero-order valence-corrected chi connectivity index (χ0v) is 13.4. The number of ether oxygens (including phenoxy) is 4. The van der Waals surface area contributed by atoms with Gasteiger partial charge in [0.05, 0.1) is 38.6 Å². The minimum Gasteiger partial charge on any atom is -0.376 e. The molecule has 0 aromatic heterocycles. The lowest BCUT2D eigenvalue weighted by molar-refractivity contribution is -0.199. The maximum Gasteiger partial charge on any atom is 0.174 e. The normalized spacial score (nSPS) is 40.1. The molecule has 2 aliphatic carbocycles. The quantitative estimate of drug-likeness (QED) is 0.801. The second-order valence-electron chi connectivity index (χ2n) is 7.43. The molecule has 4 aliphatic rings. The van der Waals surface area contributed by atoms with E-state index in [-0.39, 0.29) is 5.79 Å². The lowest BCUT2D eigenvalue weighted by atomic mass is 9.78. The Bertz CT molecular complexity index is 554. The van der Waals surface area contributed by atoms with Gasteiger partial charge in [0.25, 0.3) is 0 Å². The maximum atomic E-state index is 6.12. The molecule has 4 heteroatoms. The molecule has 0 N–H and O–H groups in total. The monoisotopic (exact) mass is 316 g/mol. The molecule has 0 amide bonds. The standard InChI is InChI=1S/C19H24O4/c1-2-4-13(5-3-1)11-20-12-16-15-9-18-17(23-18)8-14(15)10-19(16)21-6-7-22-19/h1-5,14-18H,6-12H2/t14-,15-,16?,17+,18-/m1/s1. The Balaban J connectivity index is 1.29. The molecule has 2 aliphatic heterocycles. The highest BCUT2D eigenvalue weighted by Crippen LogP contribution is 2.58. The third kappa shape index (κ3) is 2.52. The van der Waals surface area contributed by atoms with Gasteiger partial charge < -0.3 is 18.9 Å². The van der Waals surface area contributed by atoms with E-state index in [0.717, 1.165) is 26.1 Å². The fourth-order valence-electron chi connectivity index (χ4n) is 5.03. The van der Waals surface area contributed by atoms with Crippen molar-refractivity contribution in [2.75, 3.05) is 19.8 Å². The number of fused-ring (bicyclic) bond motifs is 2. The van der Waals surface area contributed by atoms with Crippen LogP contribution in [0.2, 0.25) is 0 Å². The number of epoxide rings is 1. The smallest absolute Gasteiger partial charge is 0.174 e. The fraction of sp³-hybridized carbons (Fsp3) is 0.684. The van der Waals surface area contributed by atoms with Gasteiger partial charge in [0.1, 0.15) is 0 Å². The molecule has 2 saturated carbocycles. The number of benzene rings is 1. The molecular formula is C19H24O4. The van der Waals surface area contributed by atoms with E-state index in [4.69, 9.17) is 18.9 Å². The molecule has 1 aromatic rings. The first kappa shape index (κ1) is 14.4. The highest BCUT2D eigenvalue weighted by Gasteiger charge is 2.62. The average molecular weight is 316 g/mol. The van der Waals surface area contributed by atoms with Crippen LogP contribution in [0.3, 0.4) is 0 Å². The molecule has 0 radical (unpaired) electrons. The molecule has 1 spiro atoms. The van der Waals surface area contributed by atoms with Crippen LogP contribution < -0.4 is 0 Å². The summed E-state index contributed by atoms with van der Waals surface area (Å²) in [6.45, 7) is 2.82. The van der Waals surface area contributed by atoms with Crippen LogP contribution in [-0.2, 0) is 25.6 Å². The molecule has 2 heterocycles. The van der Waals surface area contributed by atoms with E-state index in [1.165, 1.54) is 12.0 Å². The Labute approximate surface area is 137 Å². The summed E-state index contributed by atoms with van der Waals surface area (Å²) in [6, 6.07) is 10.4. The van der Waals surface area contributed by atoms with Gasteiger partial charge in [-0.05, 0) is 30.2 Å². The van der Waals surface area contributed by atoms with Crippen molar-refractivity contribution in [3.63, 3.8) is 0 Å². The third-order valence-corrected chi connectivity index (χ3v) is 6.15. The van der Waals surface area contributed by atoms with Crippen molar-refractivity contribution >= 4 is 0 Å². The van der Waals surface area contributed by atoms with Crippen molar-refractivity contribution in [3.05, 3.63) is 35.9 Å². The van der Waals surface area contributed by atoms with Crippen molar-refractivity contribution in [1.82, 2.24) is 0 Å². The molecule has 0 bridgehead atoms. The van der Waals surface area contributed by atoms with E-state index in [1.807, 2.05) is 6.07 Å². The third-order valence-electron chi connectivity index (χ3n) is 6.15. The average Bonchev–Trinajstić information content (AvgIpc) is 3.06. The van der Waals surface area contributed by atoms with Crippen molar-refractivity contribution in [2.24, 2.45) is 17.8 Å². The van der Waals surface area contributed by atoms with Gasteiger partial charge in [0, 0.05) is 12.3 Å². The van der Waals surface area contributed by atoms with E-state index in [9.17, 15) is 0 Å². The van der Waals surface area contributed by atoms with Crippen LogP contribution in [0.1, 0.15) is 24.8 Å². The predicted molar refractivity (Wildman–Crippen MR) is 83.7 cm³/mol. The molecule has 5 atom stereocenters. The summed E-state index contributed by atoms with van der Waals surface area (Å²) in [5, 5.41) is 0. The van der Waals surface area contributed by atoms with Crippen LogP contribution in [0.25, 0.3) is 0 Å². The Morgan fingerprint density at radius 1 is 1.04 bits per heavy atom. The van der Waals surface area contributed by atoms with Crippen molar-refractivity contribution < 1.29 is 18.9 Å². The highest BCUT2D eigenvalue weighted by atomic mass is 16.7. The summed E-state index contributed by atoms with van der Waals surface area (Å²) in [4.78, 5) is 0. The van der Waals surface area contributed by atoms with Gasteiger partial charge in [-0.15, -0.1) is 0 Å². The molecular weight excluding hydrogens is 292 g/mol. The van der Waals surface area contributed by atoms with Crippen LogP contribution in [-0.4, -0.2) is 37.8 Å². The van der Waals surface area contributed by atoms with Crippen LogP contribution in [0, 0.1) is 17.8 Å². The number of hydrogen-bond donors (Lipinski definition) is 0. The van der Waals surface area contributed by atoms with E-state index in [2.05, 4.69) is 24.3 Å². The second kappa shape index (κ2) is 5.55. The topological polar surface area (TPSA) is 40.2 Å². The van der Waals surface area contributed by atoms with Crippen molar-refractivity contribution in [3.8, 4) is 0 Å². The SMILES string of the molecule is c1ccc(COCC2[C@@H]3C[C@H]4O[C@H]4C[C@@H]3CC23OCCO3)cc1. The van der Waals surface area contributed by atoms with Gasteiger partial charge in [-0.2, -0.15) is 0 Å². The maximum absolute atomic E-state index is 6.12. The van der Waals surface area contributed by atoms with E-state index in [0.29, 0.717) is 43.2 Å². The predicted octanol–water partition coefficient (Wildman–Crippen LogP) is 2.76.